The van der Waals surface area contributed by atoms with E-state index < -0.39 is 6.10 Å². The molecule has 0 saturated heterocycles. The normalized spacial score (nSPS) is 12.4. The van der Waals surface area contributed by atoms with Gasteiger partial charge in [0.2, 0.25) is 0 Å². The molecule has 0 saturated carbocycles. The van der Waals surface area contributed by atoms with Crippen LogP contribution in [0.4, 0.5) is 0 Å². The summed E-state index contributed by atoms with van der Waals surface area (Å²) in [5.41, 5.74) is 4.90. The number of aliphatic hydroxyl groups is 1. The van der Waals surface area contributed by atoms with Gasteiger partial charge in [-0.15, -0.1) is 11.8 Å². The lowest BCUT2D eigenvalue weighted by molar-refractivity contribution is 0.198. The number of thioether (sulfide) groups is 1. The van der Waals surface area contributed by atoms with E-state index in [1.165, 1.54) is 21.6 Å². The van der Waals surface area contributed by atoms with Gasteiger partial charge in [-0.1, -0.05) is 51.3 Å². The topological polar surface area (TPSA) is 20.2 Å². The summed E-state index contributed by atoms with van der Waals surface area (Å²) in [6.45, 7) is 6.05. The summed E-state index contributed by atoms with van der Waals surface area (Å²) in [6.07, 6.45) is -0.442. The number of hydrogen-bond acceptors (Lipinski definition) is 2. The van der Waals surface area contributed by atoms with E-state index in [0.29, 0.717) is 0 Å². The van der Waals surface area contributed by atoms with E-state index in [0.717, 1.165) is 15.8 Å². The number of hydrogen-bond donors (Lipinski definition) is 1. The van der Waals surface area contributed by atoms with Crippen molar-refractivity contribution in [3.8, 4) is 0 Å². The molecule has 1 N–H and O–H groups in total. The molecule has 0 aromatic heterocycles. The monoisotopic (exact) mass is 350 g/mol. The van der Waals surface area contributed by atoms with Crippen LogP contribution in [0.3, 0.4) is 0 Å². The van der Waals surface area contributed by atoms with Gasteiger partial charge in [-0.05, 0) is 44.0 Å². The van der Waals surface area contributed by atoms with Crippen LogP contribution >= 0.6 is 27.7 Å². The third-order valence-corrected chi connectivity index (χ3v) is 4.86. The summed E-state index contributed by atoms with van der Waals surface area (Å²) in [6, 6.07) is 12.8. The Balaban J connectivity index is 2.09. The molecule has 3 heteroatoms. The van der Waals surface area contributed by atoms with Crippen LogP contribution in [0.15, 0.2) is 45.8 Å². The van der Waals surface area contributed by atoms with Crippen molar-refractivity contribution in [2.75, 3.05) is 0 Å². The Kier molecular flexibility index (Phi) is 5.30. The average molecular weight is 351 g/mol. The molecule has 0 aliphatic carbocycles. The lowest BCUT2D eigenvalue weighted by Gasteiger charge is -2.10. The quantitative estimate of drug-likeness (QED) is 0.743. The molecule has 0 radical (unpaired) electrons. The summed E-state index contributed by atoms with van der Waals surface area (Å²) >= 11 is 5.34. The van der Waals surface area contributed by atoms with Crippen LogP contribution in [0.1, 0.15) is 35.3 Å². The molecule has 1 nitrogen and oxygen atoms in total. The molecular weight excluding hydrogens is 332 g/mol. The van der Waals surface area contributed by atoms with Gasteiger partial charge in [-0.2, -0.15) is 0 Å². The van der Waals surface area contributed by atoms with E-state index in [1.54, 1.807) is 6.92 Å². The number of halogens is 1. The van der Waals surface area contributed by atoms with Crippen LogP contribution in [0.5, 0.6) is 0 Å². The number of aliphatic hydroxyl groups excluding tert-OH is 1. The SMILES string of the molecule is Cc1cc(C)cc(CSc2ccc([C@H](C)O)c(Br)c2)c1. The summed E-state index contributed by atoms with van der Waals surface area (Å²) in [5, 5.41) is 9.63. The van der Waals surface area contributed by atoms with Gasteiger partial charge in [0.05, 0.1) is 6.10 Å². The van der Waals surface area contributed by atoms with Crippen molar-refractivity contribution in [1.29, 1.82) is 0 Å². The van der Waals surface area contributed by atoms with Gasteiger partial charge in [0.1, 0.15) is 0 Å². The van der Waals surface area contributed by atoms with Crippen molar-refractivity contribution in [1.82, 2.24) is 0 Å². The molecule has 0 bridgehead atoms. The maximum atomic E-state index is 9.63. The summed E-state index contributed by atoms with van der Waals surface area (Å²) in [4.78, 5) is 1.21. The maximum absolute atomic E-state index is 9.63. The zero-order chi connectivity index (χ0) is 14.7. The zero-order valence-electron chi connectivity index (χ0n) is 12.0. The van der Waals surface area contributed by atoms with Gasteiger partial charge in [0.25, 0.3) is 0 Å². The highest BCUT2D eigenvalue weighted by molar-refractivity contribution is 9.10. The minimum absolute atomic E-state index is 0.442. The third-order valence-electron chi connectivity index (χ3n) is 3.11. The van der Waals surface area contributed by atoms with Crippen LogP contribution in [0.2, 0.25) is 0 Å². The summed E-state index contributed by atoms with van der Waals surface area (Å²) in [5.74, 6) is 0.961. The highest BCUT2D eigenvalue weighted by Gasteiger charge is 2.07. The van der Waals surface area contributed by atoms with E-state index in [1.807, 2.05) is 17.8 Å². The molecule has 106 valence electrons. The van der Waals surface area contributed by atoms with Crippen LogP contribution in [-0.2, 0) is 5.75 Å². The molecule has 2 rings (SSSR count). The minimum Gasteiger partial charge on any atom is -0.389 e. The molecule has 0 unspecified atom stereocenters. The number of benzene rings is 2. The second kappa shape index (κ2) is 6.79. The molecule has 1 atom stereocenters. The van der Waals surface area contributed by atoms with E-state index in [-0.39, 0.29) is 0 Å². The van der Waals surface area contributed by atoms with Gasteiger partial charge >= 0.3 is 0 Å². The first-order chi connectivity index (χ1) is 9.45. The Bertz CT molecular complexity index is 588. The zero-order valence-corrected chi connectivity index (χ0v) is 14.4. The van der Waals surface area contributed by atoms with Crippen molar-refractivity contribution < 1.29 is 5.11 Å². The van der Waals surface area contributed by atoms with Crippen LogP contribution in [-0.4, -0.2) is 5.11 Å². The molecule has 0 amide bonds. The fraction of sp³-hybridized carbons (Fsp3) is 0.294. The van der Waals surface area contributed by atoms with E-state index in [9.17, 15) is 5.11 Å². The van der Waals surface area contributed by atoms with Crippen molar-refractivity contribution in [2.24, 2.45) is 0 Å². The van der Waals surface area contributed by atoms with Gasteiger partial charge in [-0.3, -0.25) is 0 Å². The summed E-state index contributed by atoms with van der Waals surface area (Å²) < 4.78 is 0.970. The second-order valence-electron chi connectivity index (χ2n) is 5.14. The van der Waals surface area contributed by atoms with E-state index >= 15 is 0 Å². The predicted octanol–water partition coefficient (Wildman–Crippen LogP) is 5.41. The van der Waals surface area contributed by atoms with Gasteiger partial charge in [-0.25, -0.2) is 0 Å². The smallest absolute Gasteiger partial charge is 0.0772 e. The molecule has 0 aliphatic rings. The number of aryl methyl sites for hydroxylation is 2. The van der Waals surface area contributed by atoms with Crippen LogP contribution in [0, 0.1) is 13.8 Å². The van der Waals surface area contributed by atoms with Gasteiger partial charge in [0, 0.05) is 15.1 Å². The highest BCUT2D eigenvalue weighted by Crippen LogP contribution is 2.30. The molecule has 0 aliphatic heterocycles. The third kappa shape index (κ3) is 4.11. The maximum Gasteiger partial charge on any atom is 0.0772 e. The lowest BCUT2D eigenvalue weighted by Crippen LogP contribution is -1.92. The van der Waals surface area contributed by atoms with Crippen molar-refractivity contribution in [3.05, 3.63) is 63.1 Å². The Morgan fingerprint density at radius 1 is 1.10 bits per heavy atom. The van der Waals surface area contributed by atoms with Gasteiger partial charge < -0.3 is 5.11 Å². The Morgan fingerprint density at radius 2 is 1.75 bits per heavy atom. The molecule has 0 fully saturated rings. The molecule has 20 heavy (non-hydrogen) atoms. The molecule has 0 heterocycles. The molecular formula is C17H19BrOS. The first-order valence-electron chi connectivity index (χ1n) is 6.63. The summed E-state index contributed by atoms with van der Waals surface area (Å²) in [7, 11) is 0. The predicted molar refractivity (Wildman–Crippen MR) is 90.3 cm³/mol. The average Bonchev–Trinajstić information content (AvgIpc) is 2.35. The van der Waals surface area contributed by atoms with E-state index in [2.05, 4.69) is 60.1 Å². The van der Waals surface area contributed by atoms with E-state index in [4.69, 9.17) is 0 Å². The lowest BCUT2D eigenvalue weighted by atomic mass is 10.1. The van der Waals surface area contributed by atoms with Crippen LogP contribution in [0.25, 0.3) is 0 Å². The fourth-order valence-corrected chi connectivity index (χ4v) is 3.98. The standard InChI is InChI=1S/C17H19BrOS/c1-11-6-12(2)8-14(7-11)10-20-15-4-5-16(13(3)19)17(18)9-15/h4-9,13,19H,10H2,1-3H3/t13-/m0/s1. The van der Waals surface area contributed by atoms with Crippen molar-refractivity contribution in [2.45, 2.75) is 37.5 Å². The van der Waals surface area contributed by atoms with Crippen LogP contribution < -0.4 is 0 Å². The Labute approximate surface area is 133 Å². The minimum atomic E-state index is -0.442. The Hall–Kier alpha value is -0.770. The first kappa shape index (κ1) is 15.6. The molecule has 2 aromatic rings. The van der Waals surface area contributed by atoms with Crippen molar-refractivity contribution in [3.63, 3.8) is 0 Å². The largest absolute Gasteiger partial charge is 0.389 e. The fourth-order valence-electron chi connectivity index (χ4n) is 2.26. The first-order valence-corrected chi connectivity index (χ1v) is 8.41. The molecule has 0 spiro atoms. The molecule has 2 aromatic carbocycles. The highest BCUT2D eigenvalue weighted by atomic mass is 79.9. The Morgan fingerprint density at radius 3 is 2.30 bits per heavy atom. The number of rotatable bonds is 4. The van der Waals surface area contributed by atoms with Crippen molar-refractivity contribution >= 4 is 27.7 Å². The van der Waals surface area contributed by atoms with Gasteiger partial charge in [0.15, 0.2) is 0 Å². The second-order valence-corrected chi connectivity index (χ2v) is 7.05.